The van der Waals surface area contributed by atoms with Crippen molar-refractivity contribution in [2.75, 3.05) is 12.4 Å². The van der Waals surface area contributed by atoms with Gasteiger partial charge in [0.25, 0.3) is 5.91 Å². The lowest BCUT2D eigenvalue weighted by molar-refractivity contribution is -0.122. The Balaban J connectivity index is 1.98. The summed E-state index contributed by atoms with van der Waals surface area (Å²) in [5.41, 5.74) is 0.666. The maximum atomic E-state index is 12.4. The van der Waals surface area contributed by atoms with Crippen molar-refractivity contribution in [2.24, 2.45) is 0 Å². The molecule has 5 nitrogen and oxygen atoms in total. The molecule has 0 saturated heterocycles. The number of anilines is 1. The van der Waals surface area contributed by atoms with E-state index < -0.39 is 6.10 Å². The average molecular weight is 342 g/mol. The first-order valence-electron chi connectivity index (χ1n) is 7.43. The van der Waals surface area contributed by atoms with E-state index >= 15 is 0 Å². The molecule has 1 unspecified atom stereocenters. The van der Waals surface area contributed by atoms with Gasteiger partial charge in [0.2, 0.25) is 0 Å². The second kappa shape index (κ2) is 8.85. The van der Waals surface area contributed by atoms with Crippen LogP contribution >= 0.6 is 11.8 Å². The van der Waals surface area contributed by atoms with Crippen LogP contribution in [0.1, 0.15) is 13.3 Å². The summed E-state index contributed by atoms with van der Waals surface area (Å²) < 4.78 is 10.8. The molecule has 0 aromatic heterocycles. The standard InChI is InChI=1S/C18H18N2O3S/c1-3-17(23-15-8-6-14(22-2)7-9-15)18(21)20-13-4-10-16(11-5-13)24-12-19/h4-11,17H,3H2,1-2H3,(H,20,21). The topological polar surface area (TPSA) is 71.3 Å². The molecule has 0 aliphatic heterocycles. The summed E-state index contributed by atoms with van der Waals surface area (Å²) in [5.74, 6) is 1.13. The van der Waals surface area contributed by atoms with Crippen LogP contribution in [0.4, 0.5) is 5.69 Å². The maximum absolute atomic E-state index is 12.4. The highest BCUT2D eigenvalue weighted by atomic mass is 32.2. The molecular formula is C18H18N2O3S. The van der Waals surface area contributed by atoms with Crippen LogP contribution in [0.2, 0.25) is 0 Å². The van der Waals surface area contributed by atoms with Crippen LogP contribution in [0.5, 0.6) is 11.5 Å². The van der Waals surface area contributed by atoms with E-state index in [2.05, 4.69) is 5.32 Å². The zero-order chi connectivity index (χ0) is 17.4. The van der Waals surface area contributed by atoms with E-state index in [0.717, 1.165) is 22.4 Å². The van der Waals surface area contributed by atoms with Crippen LogP contribution in [-0.4, -0.2) is 19.1 Å². The number of carbonyl (C=O) groups excluding carboxylic acids is 1. The Hall–Kier alpha value is -2.65. The largest absolute Gasteiger partial charge is 0.497 e. The van der Waals surface area contributed by atoms with Crippen LogP contribution < -0.4 is 14.8 Å². The predicted octanol–water partition coefficient (Wildman–Crippen LogP) is 4.06. The monoisotopic (exact) mass is 342 g/mol. The molecule has 24 heavy (non-hydrogen) atoms. The van der Waals surface area contributed by atoms with E-state index in [9.17, 15) is 4.79 Å². The number of benzene rings is 2. The van der Waals surface area contributed by atoms with Crippen LogP contribution in [0.3, 0.4) is 0 Å². The number of nitrogens with zero attached hydrogens (tertiary/aromatic N) is 1. The molecule has 0 fully saturated rings. The first-order chi connectivity index (χ1) is 11.7. The zero-order valence-electron chi connectivity index (χ0n) is 13.5. The summed E-state index contributed by atoms with van der Waals surface area (Å²) in [7, 11) is 1.60. The van der Waals surface area contributed by atoms with Gasteiger partial charge in [-0.2, -0.15) is 5.26 Å². The van der Waals surface area contributed by atoms with Crippen molar-refractivity contribution in [1.82, 2.24) is 0 Å². The highest BCUT2D eigenvalue weighted by Crippen LogP contribution is 2.21. The van der Waals surface area contributed by atoms with E-state index in [4.69, 9.17) is 14.7 Å². The van der Waals surface area contributed by atoms with Gasteiger partial charge >= 0.3 is 0 Å². The molecular weight excluding hydrogens is 324 g/mol. The van der Waals surface area contributed by atoms with Crippen molar-refractivity contribution in [2.45, 2.75) is 24.3 Å². The number of carbonyl (C=O) groups is 1. The van der Waals surface area contributed by atoms with Crippen LogP contribution in [0, 0.1) is 10.7 Å². The third-order valence-electron chi connectivity index (χ3n) is 3.29. The number of ether oxygens (including phenoxy) is 2. The summed E-state index contributed by atoms with van der Waals surface area (Å²) in [6.45, 7) is 1.89. The second-order valence-electron chi connectivity index (χ2n) is 4.90. The summed E-state index contributed by atoms with van der Waals surface area (Å²) in [5, 5.41) is 13.5. The van der Waals surface area contributed by atoms with Gasteiger partial charge in [0.1, 0.15) is 16.9 Å². The molecule has 1 N–H and O–H groups in total. The van der Waals surface area contributed by atoms with Gasteiger partial charge in [0.15, 0.2) is 6.10 Å². The molecule has 0 aliphatic rings. The number of nitriles is 1. The Labute approximate surface area is 145 Å². The molecule has 124 valence electrons. The third-order valence-corrected chi connectivity index (χ3v) is 3.89. The molecule has 6 heteroatoms. The lowest BCUT2D eigenvalue weighted by Crippen LogP contribution is -2.32. The second-order valence-corrected chi connectivity index (χ2v) is 5.76. The van der Waals surface area contributed by atoms with Crippen molar-refractivity contribution >= 4 is 23.4 Å². The van der Waals surface area contributed by atoms with Gasteiger partial charge < -0.3 is 14.8 Å². The van der Waals surface area contributed by atoms with Crippen molar-refractivity contribution in [3.05, 3.63) is 48.5 Å². The maximum Gasteiger partial charge on any atom is 0.265 e. The van der Waals surface area contributed by atoms with Crippen molar-refractivity contribution in [3.8, 4) is 16.9 Å². The first kappa shape index (κ1) is 17.7. The van der Waals surface area contributed by atoms with Gasteiger partial charge in [-0.1, -0.05) is 6.92 Å². The summed E-state index contributed by atoms with van der Waals surface area (Å²) in [6.07, 6.45) is -0.0493. The van der Waals surface area contributed by atoms with E-state index in [-0.39, 0.29) is 5.91 Å². The highest BCUT2D eigenvalue weighted by molar-refractivity contribution is 8.03. The molecule has 2 rings (SSSR count). The number of nitrogens with one attached hydrogen (secondary N) is 1. The van der Waals surface area contributed by atoms with Crippen molar-refractivity contribution in [3.63, 3.8) is 0 Å². The number of thioether (sulfide) groups is 1. The highest BCUT2D eigenvalue weighted by Gasteiger charge is 2.18. The Morgan fingerprint density at radius 3 is 2.33 bits per heavy atom. The number of hydrogen-bond acceptors (Lipinski definition) is 5. The van der Waals surface area contributed by atoms with E-state index in [0.29, 0.717) is 17.9 Å². The average Bonchev–Trinajstić information content (AvgIpc) is 2.62. The predicted molar refractivity (Wildman–Crippen MR) is 94.2 cm³/mol. The lowest BCUT2D eigenvalue weighted by atomic mass is 10.2. The molecule has 2 aromatic carbocycles. The third kappa shape index (κ3) is 4.93. The fourth-order valence-electron chi connectivity index (χ4n) is 2.02. The molecule has 0 aliphatic carbocycles. The number of rotatable bonds is 7. The Morgan fingerprint density at radius 2 is 1.79 bits per heavy atom. The fourth-order valence-corrected chi connectivity index (χ4v) is 2.40. The van der Waals surface area contributed by atoms with E-state index in [1.54, 1.807) is 55.6 Å². The van der Waals surface area contributed by atoms with Crippen LogP contribution in [0.15, 0.2) is 53.4 Å². The van der Waals surface area contributed by atoms with Gasteiger partial charge in [-0.3, -0.25) is 4.79 Å². The molecule has 1 amide bonds. The van der Waals surface area contributed by atoms with Gasteiger partial charge in [0.05, 0.1) is 7.11 Å². The quantitative estimate of drug-likeness (QED) is 0.607. The lowest BCUT2D eigenvalue weighted by Gasteiger charge is -2.17. The molecule has 0 saturated carbocycles. The van der Waals surface area contributed by atoms with Gasteiger partial charge in [-0.05, 0) is 66.7 Å². The molecule has 1 atom stereocenters. The SMILES string of the molecule is CCC(Oc1ccc(OC)cc1)C(=O)Nc1ccc(SC#N)cc1. The fraction of sp³-hybridized carbons (Fsp3) is 0.222. The number of hydrogen-bond donors (Lipinski definition) is 1. The molecule has 0 spiro atoms. The number of amides is 1. The summed E-state index contributed by atoms with van der Waals surface area (Å²) in [6, 6.07) is 14.2. The Morgan fingerprint density at radius 1 is 1.17 bits per heavy atom. The minimum absolute atomic E-state index is 0.214. The van der Waals surface area contributed by atoms with Gasteiger partial charge in [-0.25, -0.2) is 0 Å². The minimum Gasteiger partial charge on any atom is -0.497 e. The first-order valence-corrected chi connectivity index (χ1v) is 8.25. The van der Waals surface area contributed by atoms with E-state index in [1.165, 1.54) is 0 Å². The van der Waals surface area contributed by atoms with Crippen LogP contribution in [0.25, 0.3) is 0 Å². The van der Waals surface area contributed by atoms with Crippen molar-refractivity contribution < 1.29 is 14.3 Å². The molecule has 0 bridgehead atoms. The van der Waals surface area contributed by atoms with Gasteiger partial charge in [-0.15, -0.1) is 0 Å². The van der Waals surface area contributed by atoms with Crippen molar-refractivity contribution in [1.29, 1.82) is 5.26 Å². The molecule has 2 aromatic rings. The number of methoxy groups -OCH3 is 1. The minimum atomic E-state index is -0.591. The normalized spacial score (nSPS) is 11.2. The Kier molecular flexibility index (Phi) is 6.52. The number of thiocyanates is 1. The zero-order valence-corrected chi connectivity index (χ0v) is 14.3. The van der Waals surface area contributed by atoms with E-state index in [1.807, 2.05) is 12.3 Å². The van der Waals surface area contributed by atoms with Crippen LogP contribution in [-0.2, 0) is 4.79 Å². The Bertz CT molecular complexity index is 709. The van der Waals surface area contributed by atoms with Gasteiger partial charge in [0, 0.05) is 10.6 Å². The summed E-state index contributed by atoms with van der Waals surface area (Å²) in [4.78, 5) is 13.2. The molecule has 0 heterocycles. The molecule has 0 radical (unpaired) electrons. The smallest absolute Gasteiger partial charge is 0.265 e. The summed E-state index contributed by atoms with van der Waals surface area (Å²) >= 11 is 1.08.